The van der Waals surface area contributed by atoms with E-state index in [1.807, 2.05) is 6.08 Å². The lowest BCUT2D eigenvalue weighted by atomic mass is 10.4. The Kier molecular flexibility index (Phi) is 2.67. The van der Waals surface area contributed by atoms with Gasteiger partial charge in [-0.1, -0.05) is 23.2 Å². The predicted molar refractivity (Wildman–Crippen MR) is 48.8 cm³/mol. The minimum Gasteiger partial charge on any atom is -0.371 e. The van der Waals surface area contributed by atoms with Crippen molar-refractivity contribution in [3.8, 4) is 0 Å². The molecule has 1 nitrogen and oxygen atoms in total. The van der Waals surface area contributed by atoms with Crippen LogP contribution in [-0.4, -0.2) is 5.50 Å². The van der Waals surface area contributed by atoms with Crippen LogP contribution in [0.3, 0.4) is 0 Å². The minimum atomic E-state index is -0.112. The Morgan fingerprint density at radius 1 is 1.67 bits per heavy atom. The molecule has 0 amide bonds. The summed E-state index contributed by atoms with van der Waals surface area (Å²) in [5.41, 5.74) is -0.112. The van der Waals surface area contributed by atoms with Gasteiger partial charge in [0.2, 0.25) is 0 Å². The van der Waals surface area contributed by atoms with Gasteiger partial charge in [-0.25, -0.2) is 0 Å². The molecule has 0 fully saturated rings. The zero-order valence-electron chi connectivity index (χ0n) is 4.37. The Morgan fingerprint density at radius 2 is 2.33 bits per heavy atom. The van der Waals surface area contributed by atoms with E-state index in [4.69, 9.17) is 23.2 Å². The van der Waals surface area contributed by atoms with Crippen LogP contribution in [0.5, 0.6) is 0 Å². The van der Waals surface area contributed by atoms with E-state index in [1.165, 1.54) is 0 Å². The number of halogens is 3. The van der Waals surface area contributed by atoms with Gasteiger partial charge in [-0.3, -0.25) is 0 Å². The van der Waals surface area contributed by atoms with Crippen LogP contribution in [0.4, 0.5) is 0 Å². The van der Waals surface area contributed by atoms with E-state index >= 15 is 0 Å². The van der Waals surface area contributed by atoms with Gasteiger partial charge in [0, 0.05) is 9.78 Å². The highest BCUT2D eigenvalue weighted by atomic mass is 127. The number of allylic oxidation sites excluding steroid dienone is 2. The molecule has 9 heavy (non-hydrogen) atoms. The Hall–Kier alpha value is 0.590. The maximum Gasteiger partial charge on any atom is 0.121 e. The lowest BCUT2D eigenvalue weighted by Gasteiger charge is -2.11. The molecule has 0 bridgehead atoms. The lowest BCUT2D eigenvalue weighted by molar-refractivity contribution is 0.897. The first-order valence-corrected chi connectivity index (χ1v) is 4.23. The van der Waals surface area contributed by atoms with Gasteiger partial charge in [-0.05, 0) is 28.7 Å². The van der Waals surface area contributed by atoms with Crippen molar-refractivity contribution in [1.82, 2.24) is 5.32 Å². The molecular weight excluding hydrogens is 272 g/mol. The maximum absolute atomic E-state index is 5.70. The van der Waals surface area contributed by atoms with Crippen LogP contribution in [0, 0.1) is 0 Å². The molecule has 50 valence electrons. The predicted octanol–water partition coefficient (Wildman–Crippen LogP) is 2.55. The molecule has 1 heterocycles. The molecule has 1 N–H and O–H groups in total. The Labute approximate surface area is 77.2 Å². The van der Waals surface area contributed by atoms with Crippen molar-refractivity contribution in [2.24, 2.45) is 0 Å². The molecule has 1 aliphatic heterocycles. The summed E-state index contributed by atoms with van der Waals surface area (Å²) in [6, 6.07) is 0. The molecule has 0 aliphatic carbocycles. The molecule has 1 atom stereocenters. The van der Waals surface area contributed by atoms with Gasteiger partial charge in [-0.2, -0.15) is 0 Å². The van der Waals surface area contributed by atoms with Gasteiger partial charge in [0.05, 0.1) is 5.03 Å². The third-order valence-electron chi connectivity index (χ3n) is 0.890. The maximum atomic E-state index is 5.70. The number of nitrogens with one attached hydrogen (secondary N) is 1. The molecule has 0 spiro atoms. The zero-order chi connectivity index (χ0) is 6.85. The topological polar surface area (TPSA) is 12.0 Å². The first-order chi connectivity index (χ1) is 4.20. The second-order valence-corrected chi connectivity index (χ2v) is 3.61. The first kappa shape index (κ1) is 7.69. The van der Waals surface area contributed by atoms with E-state index in [-0.39, 0.29) is 5.50 Å². The average Bonchev–Trinajstić information content (AvgIpc) is 1.80. The van der Waals surface area contributed by atoms with Gasteiger partial charge in [0.25, 0.3) is 0 Å². The fourth-order valence-corrected chi connectivity index (χ4v) is 1.52. The van der Waals surface area contributed by atoms with E-state index in [9.17, 15) is 0 Å². The monoisotopic (exact) mass is 275 g/mol. The zero-order valence-corrected chi connectivity index (χ0v) is 8.04. The number of dihydropyridines is 1. The van der Waals surface area contributed by atoms with Crippen molar-refractivity contribution in [2.45, 2.75) is 5.50 Å². The second-order valence-electron chi connectivity index (χ2n) is 1.58. The largest absolute Gasteiger partial charge is 0.371 e. The summed E-state index contributed by atoms with van der Waals surface area (Å²) in [7, 11) is 0. The standard InChI is InChI=1S/C5H4Cl2IN/c6-3-2-9-5(7)1-4(3)8/h1-2,5,9H. The van der Waals surface area contributed by atoms with Crippen LogP contribution in [0.1, 0.15) is 0 Å². The molecular formula is C5H4Cl2IN. The van der Waals surface area contributed by atoms with Crippen molar-refractivity contribution in [2.75, 3.05) is 0 Å². The van der Waals surface area contributed by atoms with Crippen LogP contribution in [0.25, 0.3) is 0 Å². The Morgan fingerprint density at radius 3 is 2.78 bits per heavy atom. The van der Waals surface area contributed by atoms with Gasteiger partial charge >= 0.3 is 0 Å². The average molecular weight is 276 g/mol. The summed E-state index contributed by atoms with van der Waals surface area (Å²) in [6.07, 6.45) is 3.55. The van der Waals surface area contributed by atoms with E-state index in [2.05, 4.69) is 27.9 Å². The number of rotatable bonds is 0. The normalized spacial score (nSPS) is 26.3. The molecule has 1 unspecified atom stereocenters. The Bertz CT molecular complexity index is 176. The highest BCUT2D eigenvalue weighted by Gasteiger charge is 2.07. The van der Waals surface area contributed by atoms with Gasteiger partial charge < -0.3 is 5.32 Å². The van der Waals surface area contributed by atoms with E-state index < -0.39 is 0 Å². The van der Waals surface area contributed by atoms with Crippen molar-refractivity contribution in [3.63, 3.8) is 0 Å². The minimum absolute atomic E-state index is 0.112. The highest BCUT2D eigenvalue weighted by Crippen LogP contribution is 2.24. The van der Waals surface area contributed by atoms with Crippen LogP contribution in [0.15, 0.2) is 20.9 Å². The summed E-state index contributed by atoms with van der Waals surface area (Å²) in [4.78, 5) is 0. The number of alkyl halides is 1. The Balaban J connectivity index is 2.75. The van der Waals surface area contributed by atoms with E-state index in [0.29, 0.717) is 5.03 Å². The molecule has 1 aliphatic rings. The fraction of sp³-hybridized carbons (Fsp3) is 0.200. The van der Waals surface area contributed by atoms with Gasteiger partial charge in [0.1, 0.15) is 5.50 Å². The third kappa shape index (κ3) is 2.02. The van der Waals surface area contributed by atoms with Crippen LogP contribution in [-0.2, 0) is 0 Å². The molecule has 0 aromatic rings. The van der Waals surface area contributed by atoms with Crippen LogP contribution >= 0.6 is 45.8 Å². The third-order valence-corrected chi connectivity index (χ3v) is 2.71. The van der Waals surface area contributed by atoms with E-state index in [1.54, 1.807) is 6.20 Å². The molecule has 0 radical (unpaired) electrons. The smallest absolute Gasteiger partial charge is 0.121 e. The lowest BCUT2D eigenvalue weighted by Crippen LogP contribution is -2.18. The van der Waals surface area contributed by atoms with E-state index in [0.717, 1.165) is 3.58 Å². The van der Waals surface area contributed by atoms with Gasteiger partial charge in [0.15, 0.2) is 0 Å². The highest BCUT2D eigenvalue weighted by molar-refractivity contribution is 14.1. The number of hydrogen-bond donors (Lipinski definition) is 1. The summed E-state index contributed by atoms with van der Waals surface area (Å²) >= 11 is 13.5. The fourth-order valence-electron chi connectivity index (χ4n) is 0.478. The molecule has 0 aromatic heterocycles. The summed E-state index contributed by atoms with van der Waals surface area (Å²) in [6.45, 7) is 0. The molecule has 0 saturated heterocycles. The van der Waals surface area contributed by atoms with Crippen molar-refractivity contribution < 1.29 is 0 Å². The second kappa shape index (κ2) is 3.12. The van der Waals surface area contributed by atoms with Crippen LogP contribution < -0.4 is 5.32 Å². The van der Waals surface area contributed by atoms with Crippen molar-refractivity contribution in [1.29, 1.82) is 0 Å². The quantitative estimate of drug-likeness (QED) is 0.407. The molecule has 4 heteroatoms. The summed E-state index contributed by atoms with van der Waals surface area (Å²) in [5.74, 6) is 0. The van der Waals surface area contributed by atoms with Crippen LogP contribution in [0.2, 0.25) is 0 Å². The van der Waals surface area contributed by atoms with Crippen molar-refractivity contribution in [3.05, 3.63) is 20.9 Å². The molecule has 0 saturated carbocycles. The summed E-state index contributed by atoms with van der Waals surface area (Å²) in [5, 5.41) is 3.57. The summed E-state index contributed by atoms with van der Waals surface area (Å²) < 4.78 is 0.994. The van der Waals surface area contributed by atoms with Crippen molar-refractivity contribution >= 4 is 45.8 Å². The number of hydrogen-bond acceptors (Lipinski definition) is 1. The van der Waals surface area contributed by atoms with Gasteiger partial charge in [-0.15, -0.1) is 0 Å². The molecule has 0 aromatic carbocycles. The SMILES string of the molecule is ClC1=CNC(Cl)C=C1I. The first-order valence-electron chi connectivity index (χ1n) is 2.33. The molecule has 1 rings (SSSR count).